The minimum Gasteiger partial charge on any atom is -0.465 e. The number of carbonyl (C=O) groups is 2. The van der Waals surface area contributed by atoms with Gasteiger partial charge in [-0.2, -0.15) is 0 Å². The molecule has 2 amide bonds. The van der Waals surface area contributed by atoms with Crippen molar-refractivity contribution in [3.8, 4) is 10.6 Å². The van der Waals surface area contributed by atoms with Crippen molar-refractivity contribution < 1.29 is 14.3 Å². The first kappa shape index (κ1) is 19.2. The molecule has 3 aromatic heterocycles. The van der Waals surface area contributed by atoms with Gasteiger partial charge in [0.05, 0.1) is 23.4 Å². The van der Waals surface area contributed by atoms with E-state index >= 15 is 0 Å². The van der Waals surface area contributed by atoms with Crippen LogP contribution in [-0.2, 0) is 18.3 Å². The minimum atomic E-state index is -0.468. The Morgan fingerprint density at radius 2 is 1.90 bits per heavy atom. The number of amides is 2. The number of rotatable bonds is 5. The number of urea groups is 1. The average molecular weight is 426 g/mol. The number of ether oxygens (including phenoxy) is 1. The molecule has 29 heavy (non-hydrogen) atoms. The van der Waals surface area contributed by atoms with Crippen LogP contribution in [0.4, 0.5) is 10.5 Å². The number of aryl methyl sites for hydroxylation is 1. The molecule has 0 fully saturated rings. The predicted molar refractivity (Wildman–Crippen MR) is 118 cm³/mol. The van der Waals surface area contributed by atoms with Gasteiger partial charge in [0.15, 0.2) is 0 Å². The lowest BCUT2D eigenvalue weighted by atomic mass is 10.1. The van der Waals surface area contributed by atoms with Crippen LogP contribution >= 0.6 is 22.7 Å². The van der Waals surface area contributed by atoms with Crippen molar-refractivity contribution in [2.75, 3.05) is 12.4 Å². The highest BCUT2D eigenvalue weighted by Gasteiger charge is 2.19. The van der Waals surface area contributed by atoms with Crippen LogP contribution in [0.25, 0.3) is 21.5 Å². The standard InChI is InChI=1S/C21H19N3O3S2/c1-24-16-7-4-3-6-13(16)14(18(24)17-8-5-10-28-17)12-22-21(26)23-15-9-11-29-19(15)20(25)27-2/h3-11H,12H2,1-2H3,(H2,22,23,26). The Bertz CT molecular complexity index is 1180. The van der Waals surface area contributed by atoms with Crippen LogP contribution in [0.3, 0.4) is 0 Å². The van der Waals surface area contributed by atoms with Crippen LogP contribution in [0.2, 0.25) is 0 Å². The molecule has 4 rings (SSSR count). The van der Waals surface area contributed by atoms with Crippen LogP contribution in [0.15, 0.2) is 53.2 Å². The molecule has 0 atom stereocenters. The molecule has 0 saturated heterocycles. The third-order valence-corrected chi connectivity index (χ3v) is 6.45. The van der Waals surface area contributed by atoms with Crippen molar-refractivity contribution >= 4 is 51.3 Å². The van der Waals surface area contributed by atoms with Gasteiger partial charge in [0.2, 0.25) is 0 Å². The molecule has 0 aliphatic rings. The summed E-state index contributed by atoms with van der Waals surface area (Å²) in [5.74, 6) is -0.468. The van der Waals surface area contributed by atoms with Crippen molar-refractivity contribution in [1.82, 2.24) is 9.88 Å². The van der Waals surface area contributed by atoms with Crippen molar-refractivity contribution in [3.05, 3.63) is 63.7 Å². The summed E-state index contributed by atoms with van der Waals surface area (Å²) in [7, 11) is 3.35. The summed E-state index contributed by atoms with van der Waals surface area (Å²) >= 11 is 2.89. The predicted octanol–water partition coefficient (Wildman–Crippen LogP) is 5.08. The molecule has 0 aliphatic heterocycles. The number of benzene rings is 1. The van der Waals surface area contributed by atoms with Gasteiger partial charge in [-0.1, -0.05) is 24.3 Å². The lowest BCUT2D eigenvalue weighted by Crippen LogP contribution is -2.28. The molecule has 3 heterocycles. The number of fused-ring (bicyclic) bond motifs is 1. The van der Waals surface area contributed by atoms with E-state index in [-0.39, 0.29) is 6.03 Å². The van der Waals surface area contributed by atoms with Crippen LogP contribution < -0.4 is 10.6 Å². The summed E-state index contributed by atoms with van der Waals surface area (Å²) in [6, 6.07) is 13.6. The molecule has 2 N–H and O–H groups in total. The average Bonchev–Trinajstić information content (AvgIpc) is 3.46. The molecule has 8 heteroatoms. The second-order valence-corrected chi connectivity index (χ2v) is 8.21. The molecular weight excluding hydrogens is 406 g/mol. The number of hydrogen-bond acceptors (Lipinski definition) is 5. The second kappa shape index (κ2) is 8.10. The molecule has 6 nitrogen and oxygen atoms in total. The zero-order valence-electron chi connectivity index (χ0n) is 15.9. The van der Waals surface area contributed by atoms with Gasteiger partial charge in [0.1, 0.15) is 4.88 Å². The topological polar surface area (TPSA) is 72.4 Å². The van der Waals surface area contributed by atoms with E-state index in [1.54, 1.807) is 22.8 Å². The second-order valence-electron chi connectivity index (χ2n) is 6.34. The van der Waals surface area contributed by atoms with E-state index in [2.05, 4.69) is 33.4 Å². The SMILES string of the molecule is COC(=O)c1sccc1NC(=O)NCc1c(-c2cccs2)n(C)c2ccccc12. The van der Waals surface area contributed by atoms with E-state index in [4.69, 9.17) is 4.74 Å². The van der Waals surface area contributed by atoms with Gasteiger partial charge in [-0.05, 0) is 29.0 Å². The maximum atomic E-state index is 12.5. The van der Waals surface area contributed by atoms with Gasteiger partial charge in [0, 0.05) is 30.1 Å². The smallest absolute Gasteiger partial charge is 0.350 e. The van der Waals surface area contributed by atoms with Crippen molar-refractivity contribution in [2.45, 2.75) is 6.54 Å². The molecule has 1 aromatic carbocycles. The zero-order valence-corrected chi connectivity index (χ0v) is 17.5. The van der Waals surface area contributed by atoms with Crippen molar-refractivity contribution in [2.24, 2.45) is 7.05 Å². The van der Waals surface area contributed by atoms with Gasteiger partial charge in [-0.3, -0.25) is 0 Å². The summed E-state index contributed by atoms with van der Waals surface area (Å²) in [6.45, 7) is 0.359. The monoisotopic (exact) mass is 425 g/mol. The number of methoxy groups -OCH3 is 1. The van der Waals surface area contributed by atoms with E-state index < -0.39 is 5.97 Å². The van der Waals surface area contributed by atoms with Crippen molar-refractivity contribution in [3.63, 3.8) is 0 Å². The molecule has 0 unspecified atom stereocenters. The zero-order chi connectivity index (χ0) is 20.4. The van der Waals surface area contributed by atoms with Crippen LogP contribution in [-0.4, -0.2) is 23.7 Å². The fourth-order valence-corrected chi connectivity index (χ4v) is 4.97. The third-order valence-electron chi connectivity index (χ3n) is 4.68. The number of hydrogen-bond donors (Lipinski definition) is 2. The van der Waals surface area contributed by atoms with Crippen LogP contribution in [0, 0.1) is 0 Å². The van der Waals surface area contributed by atoms with Crippen LogP contribution in [0.5, 0.6) is 0 Å². The minimum absolute atomic E-state index is 0.359. The third kappa shape index (κ3) is 3.64. The Labute approximate surface area is 175 Å². The number of para-hydroxylation sites is 1. The quantitative estimate of drug-likeness (QED) is 0.438. The summed E-state index contributed by atoms with van der Waals surface area (Å²) < 4.78 is 6.91. The van der Waals surface area contributed by atoms with E-state index in [1.807, 2.05) is 30.6 Å². The number of nitrogens with zero attached hydrogens (tertiary/aromatic N) is 1. The number of esters is 1. The Morgan fingerprint density at radius 1 is 1.07 bits per heavy atom. The number of thiophene rings is 2. The first-order valence-electron chi connectivity index (χ1n) is 8.91. The number of aromatic nitrogens is 1. The molecule has 0 spiro atoms. The van der Waals surface area contributed by atoms with Gasteiger partial charge >= 0.3 is 12.0 Å². The molecule has 0 saturated carbocycles. The lowest BCUT2D eigenvalue weighted by molar-refractivity contribution is 0.0607. The lowest BCUT2D eigenvalue weighted by Gasteiger charge is -2.10. The molecule has 0 aliphatic carbocycles. The Morgan fingerprint density at radius 3 is 2.66 bits per heavy atom. The molecular formula is C21H19N3O3S2. The van der Waals surface area contributed by atoms with E-state index in [1.165, 1.54) is 18.4 Å². The van der Waals surface area contributed by atoms with Gasteiger partial charge < -0.3 is 19.9 Å². The maximum Gasteiger partial charge on any atom is 0.350 e. The Balaban J connectivity index is 1.59. The first-order valence-corrected chi connectivity index (χ1v) is 10.7. The summed E-state index contributed by atoms with van der Waals surface area (Å²) in [5.41, 5.74) is 3.70. The van der Waals surface area contributed by atoms with Crippen molar-refractivity contribution in [1.29, 1.82) is 0 Å². The first-order chi connectivity index (χ1) is 14.1. The highest BCUT2D eigenvalue weighted by atomic mass is 32.1. The highest BCUT2D eigenvalue weighted by Crippen LogP contribution is 2.35. The normalized spacial score (nSPS) is 10.8. The van der Waals surface area contributed by atoms with Gasteiger partial charge in [0.25, 0.3) is 0 Å². The summed E-state index contributed by atoms with van der Waals surface area (Å²) in [4.78, 5) is 25.8. The van der Waals surface area contributed by atoms with E-state index in [0.717, 1.165) is 27.0 Å². The summed E-state index contributed by atoms with van der Waals surface area (Å²) in [6.07, 6.45) is 0. The maximum absolute atomic E-state index is 12.5. The molecule has 0 radical (unpaired) electrons. The molecule has 0 bridgehead atoms. The fraction of sp³-hybridized carbons (Fsp3) is 0.143. The molecule has 4 aromatic rings. The fourth-order valence-electron chi connectivity index (χ4n) is 3.37. The number of carbonyl (C=O) groups excluding carboxylic acids is 2. The van der Waals surface area contributed by atoms with Crippen LogP contribution in [0.1, 0.15) is 15.2 Å². The van der Waals surface area contributed by atoms with E-state index in [0.29, 0.717) is 17.1 Å². The van der Waals surface area contributed by atoms with Gasteiger partial charge in [-0.15, -0.1) is 22.7 Å². The highest BCUT2D eigenvalue weighted by molar-refractivity contribution is 7.13. The summed E-state index contributed by atoms with van der Waals surface area (Å²) in [5, 5.41) is 10.5. The number of anilines is 1. The number of nitrogens with one attached hydrogen (secondary N) is 2. The Kier molecular flexibility index (Phi) is 5.37. The van der Waals surface area contributed by atoms with E-state index in [9.17, 15) is 9.59 Å². The van der Waals surface area contributed by atoms with Gasteiger partial charge in [-0.25, -0.2) is 9.59 Å². The largest absolute Gasteiger partial charge is 0.465 e. The molecule has 148 valence electrons. The Hall–Kier alpha value is -3.10.